The molecule has 0 aliphatic heterocycles. The SMILES string of the molecule is CNCc1cc([N+](=O)[O-])ccc1OCC(N)=O. The Bertz CT molecular complexity index is 434. The van der Waals surface area contributed by atoms with Crippen molar-refractivity contribution in [1.29, 1.82) is 0 Å². The predicted molar refractivity (Wildman–Crippen MR) is 60.5 cm³/mol. The topological polar surface area (TPSA) is 107 Å². The van der Waals surface area contributed by atoms with E-state index < -0.39 is 10.8 Å². The van der Waals surface area contributed by atoms with Gasteiger partial charge in [0.15, 0.2) is 6.61 Å². The van der Waals surface area contributed by atoms with Gasteiger partial charge >= 0.3 is 0 Å². The van der Waals surface area contributed by atoms with Crippen molar-refractivity contribution in [2.45, 2.75) is 6.54 Å². The fourth-order valence-electron chi connectivity index (χ4n) is 1.30. The Balaban J connectivity index is 2.95. The summed E-state index contributed by atoms with van der Waals surface area (Å²) in [6, 6.07) is 4.16. The number of rotatable bonds is 6. The van der Waals surface area contributed by atoms with E-state index in [0.29, 0.717) is 17.9 Å². The van der Waals surface area contributed by atoms with Gasteiger partial charge in [0.05, 0.1) is 4.92 Å². The van der Waals surface area contributed by atoms with Crippen molar-refractivity contribution in [1.82, 2.24) is 5.32 Å². The van der Waals surface area contributed by atoms with Crippen molar-refractivity contribution in [3.63, 3.8) is 0 Å². The van der Waals surface area contributed by atoms with Gasteiger partial charge in [-0.05, 0) is 13.1 Å². The molecule has 0 heterocycles. The van der Waals surface area contributed by atoms with Gasteiger partial charge < -0.3 is 15.8 Å². The predicted octanol–water partition coefficient (Wildman–Crippen LogP) is 0.178. The number of primary amides is 1. The largest absolute Gasteiger partial charge is 0.483 e. The number of nitrogens with two attached hydrogens (primary N) is 1. The number of ether oxygens (including phenoxy) is 1. The highest BCUT2D eigenvalue weighted by Crippen LogP contribution is 2.24. The number of nitro benzene ring substituents is 1. The molecule has 0 bridgehead atoms. The molecule has 0 radical (unpaired) electrons. The molecule has 0 atom stereocenters. The fourth-order valence-corrected chi connectivity index (χ4v) is 1.30. The zero-order valence-electron chi connectivity index (χ0n) is 9.30. The lowest BCUT2D eigenvalue weighted by molar-refractivity contribution is -0.384. The molecule has 3 N–H and O–H groups in total. The summed E-state index contributed by atoms with van der Waals surface area (Å²) < 4.78 is 5.15. The number of carbonyl (C=O) groups excluding carboxylic acids is 1. The van der Waals surface area contributed by atoms with Crippen LogP contribution in [0.25, 0.3) is 0 Å². The second-order valence-electron chi connectivity index (χ2n) is 3.33. The van der Waals surface area contributed by atoms with Crippen molar-refractivity contribution < 1.29 is 14.5 Å². The van der Waals surface area contributed by atoms with Crippen LogP contribution in [0.3, 0.4) is 0 Å². The van der Waals surface area contributed by atoms with Crippen LogP contribution in [0.1, 0.15) is 5.56 Å². The second-order valence-corrected chi connectivity index (χ2v) is 3.33. The average Bonchev–Trinajstić information content (AvgIpc) is 2.27. The first-order valence-corrected chi connectivity index (χ1v) is 4.87. The Morgan fingerprint density at radius 2 is 2.29 bits per heavy atom. The number of carbonyl (C=O) groups is 1. The molecule has 7 heteroatoms. The van der Waals surface area contributed by atoms with E-state index in [4.69, 9.17) is 10.5 Å². The number of amides is 1. The lowest BCUT2D eigenvalue weighted by Gasteiger charge is -2.09. The number of benzene rings is 1. The Morgan fingerprint density at radius 3 is 2.82 bits per heavy atom. The number of nitrogens with zero attached hydrogens (tertiary/aromatic N) is 1. The maximum absolute atomic E-state index is 10.6. The van der Waals surface area contributed by atoms with Crippen LogP contribution in [0.4, 0.5) is 5.69 Å². The summed E-state index contributed by atoms with van der Waals surface area (Å²) in [5.41, 5.74) is 5.53. The molecular formula is C10H13N3O4. The van der Waals surface area contributed by atoms with E-state index in [0.717, 1.165) is 0 Å². The molecule has 1 aromatic rings. The van der Waals surface area contributed by atoms with Gasteiger partial charge in [-0.3, -0.25) is 14.9 Å². The molecular weight excluding hydrogens is 226 g/mol. The Morgan fingerprint density at radius 1 is 1.59 bits per heavy atom. The van der Waals surface area contributed by atoms with Crippen molar-refractivity contribution in [3.8, 4) is 5.75 Å². The third-order valence-electron chi connectivity index (χ3n) is 1.99. The molecule has 1 aromatic carbocycles. The third-order valence-corrected chi connectivity index (χ3v) is 1.99. The number of nitrogens with one attached hydrogen (secondary N) is 1. The molecule has 0 aromatic heterocycles. The molecule has 92 valence electrons. The quantitative estimate of drug-likeness (QED) is 0.543. The van der Waals surface area contributed by atoms with Gasteiger partial charge in [0, 0.05) is 24.2 Å². The highest BCUT2D eigenvalue weighted by Gasteiger charge is 2.11. The van der Waals surface area contributed by atoms with Gasteiger partial charge in [0.1, 0.15) is 5.75 Å². The normalized spacial score (nSPS) is 9.94. The Hall–Kier alpha value is -2.15. The van der Waals surface area contributed by atoms with Crippen molar-refractivity contribution >= 4 is 11.6 Å². The number of hydrogen-bond donors (Lipinski definition) is 2. The van der Waals surface area contributed by atoms with E-state index in [1.807, 2.05) is 0 Å². The molecule has 0 aliphatic rings. The maximum atomic E-state index is 10.6. The first kappa shape index (κ1) is 12.9. The van der Waals surface area contributed by atoms with Crippen LogP contribution in [-0.2, 0) is 11.3 Å². The average molecular weight is 239 g/mol. The molecule has 0 fully saturated rings. The van der Waals surface area contributed by atoms with Crippen LogP contribution < -0.4 is 15.8 Å². The first-order valence-electron chi connectivity index (χ1n) is 4.87. The molecule has 1 amide bonds. The Kier molecular flexibility index (Phi) is 4.41. The molecule has 0 unspecified atom stereocenters. The van der Waals surface area contributed by atoms with Crippen molar-refractivity contribution in [3.05, 3.63) is 33.9 Å². The number of non-ortho nitro benzene ring substituents is 1. The second kappa shape index (κ2) is 5.80. The van der Waals surface area contributed by atoms with Gasteiger partial charge in [-0.1, -0.05) is 0 Å². The molecule has 0 saturated carbocycles. The minimum Gasteiger partial charge on any atom is -0.483 e. The summed E-state index contributed by atoms with van der Waals surface area (Å²) in [4.78, 5) is 20.7. The lowest BCUT2D eigenvalue weighted by atomic mass is 10.2. The van der Waals surface area contributed by atoms with Gasteiger partial charge in [-0.2, -0.15) is 0 Å². The summed E-state index contributed by atoms with van der Waals surface area (Å²) in [5, 5.41) is 13.5. The van der Waals surface area contributed by atoms with E-state index in [-0.39, 0.29) is 12.3 Å². The summed E-state index contributed by atoms with van der Waals surface area (Å²) in [7, 11) is 1.71. The molecule has 7 nitrogen and oxygen atoms in total. The zero-order valence-corrected chi connectivity index (χ0v) is 9.30. The number of hydrogen-bond acceptors (Lipinski definition) is 5. The van der Waals surface area contributed by atoms with Gasteiger partial charge in [0.2, 0.25) is 0 Å². The van der Waals surface area contributed by atoms with E-state index in [2.05, 4.69) is 5.32 Å². The monoisotopic (exact) mass is 239 g/mol. The molecule has 0 spiro atoms. The van der Waals surface area contributed by atoms with Crippen LogP contribution >= 0.6 is 0 Å². The summed E-state index contributed by atoms with van der Waals surface area (Å²) in [5.74, 6) is -0.192. The first-order chi connectivity index (χ1) is 8.04. The van der Waals surface area contributed by atoms with Gasteiger partial charge in [-0.15, -0.1) is 0 Å². The molecule has 0 saturated heterocycles. The molecule has 0 aliphatic carbocycles. The van der Waals surface area contributed by atoms with Crippen LogP contribution in [0.5, 0.6) is 5.75 Å². The van der Waals surface area contributed by atoms with Gasteiger partial charge in [0.25, 0.3) is 11.6 Å². The number of nitro groups is 1. The smallest absolute Gasteiger partial charge is 0.270 e. The Labute approximate surface area is 97.7 Å². The highest BCUT2D eigenvalue weighted by atomic mass is 16.6. The van der Waals surface area contributed by atoms with Crippen LogP contribution in [-0.4, -0.2) is 24.5 Å². The van der Waals surface area contributed by atoms with Crippen LogP contribution in [0.15, 0.2) is 18.2 Å². The highest BCUT2D eigenvalue weighted by molar-refractivity contribution is 5.75. The van der Waals surface area contributed by atoms with Gasteiger partial charge in [-0.25, -0.2) is 0 Å². The summed E-state index contributed by atoms with van der Waals surface area (Å²) in [6.07, 6.45) is 0. The van der Waals surface area contributed by atoms with E-state index in [1.165, 1.54) is 18.2 Å². The van der Waals surface area contributed by atoms with E-state index >= 15 is 0 Å². The van der Waals surface area contributed by atoms with Crippen LogP contribution in [0.2, 0.25) is 0 Å². The molecule has 1 rings (SSSR count). The van der Waals surface area contributed by atoms with Crippen molar-refractivity contribution in [2.75, 3.05) is 13.7 Å². The summed E-state index contributed by atoms with van der Waals surface area (Å²) in [6.45, 7) is 0.143. The van der Waals surface area contributed by atoms with Crippen LogP contribution in [0, 0.1) is 10.1 Å². The zero-order chi connectivity index (χ0) is 12.8. The lowest BCUT2D eigenvalue weighted by Crippen LogP contribution is -2.20. The summed E-state index contributed by atoms with van der Waals surface area (Å²) >= 11 is 0. The molecule has 17 heavy (non-hydrogen) atoms. The standard InChI is InChI=1S/C10H13N3O4/c1-12-5-7-4-8(13(15)16)2-3-9(7)17-6-10(11)14/h2-4,12H,5-6H2,1H3,(H2,11,14). The van der Waals surface area contributed by atoms with E-state index in [1.54, 1.807) is 7.05 Å². The minimum atomic E-state index is -0.598. The van der Waals surface area contributed by atoms with Crippen molar-refractivity contribution in [2.24, 2.45) is 5.73 Å². The third kappa shape index (κ3) is 3.72. The van der Waals surface area contributed by atoms with E-state index in [9.17, 15) is 14.9 Å². The maximum Gasteiger partial charge on any atom is 0.270 e. The minimum absolute atomic E-state index is 0.0262. The fraction of sp³-hybridized carbons (Fsp3) is 0.300.